The Bertz CT molecular complexity index is 829. The Kier molecular flexibility index (Phi) is 5.06. The molecule has 0 saturated carbocycles. The third-order valence-corrected chi connectivity index (χ3v) is 3.05. The lowest BCUT2D eigenvalue weighted by atomic mass is 9.98. The third-order valence-electron chi connectivity index (χ3n) is 3.05. The van der Waals surface area contributed by atoms with Crippen LogP contribution in [0.5, 0.6) is 5.75 Å². The summed E-state index contributed by atoms with van der Waals surface area (Å²) >= 11 is 0. The van der Waals surface area contributed by atoms with Crippen LogP contribution in [-0.2, 0) is 4.79 Å². The van der Waals surface area contributed by atoms with E-state index in [2.05, 4.69) is 4.74 Å². The van der Waals surface area contributed by atoms with Crippen LogP contribution in [0.4, 0.5) is 18.9 Å². The summed E-state index contributed by atoms with van der Waals surface area (Å²) in [7, 11) is 0. The Hall–Kier alpha value is -3.36. The van der Waals surface area contributed by atoms with Crippen molar-refractivity contribution in [1.29, 1.82) is 0 Å². The second-order valence-corrected chi connectivity index (χ2v) is 4.77. The first-order chi connectivity index (χ1) is 11.7. The molecule has 2 rings (SSSR count). The Balaban J connectivity index is 2.43. The van der Waals surface area contributed by atoms with E-state index in [1.807, 2.05) is 0 Å². The minimum absolute atomic E-state index is 0.237. The van der Waals surface area contributed by atoms with Crippen molar-refractivity contribution < 1.29 is 32.7 Å². The number of aliphatic carboxylic acids is 1. The minimum atomic E-state index is -4.82. The molecule has 0 fully saturated rings. The number of nitrogens with zero attached hydrogens (tertiary/aromatic N) is 1. The number of nitro benzene ring substituents is 1. The molecule has 0 unspecified atom stereocenters. The van der Waals surface area contributed by atoms with Gasteiger partial charge < -0.3 is 9.84 Å². The molecule has 25 heavy (non-hydrogen) atoms. The van der Waals surface area contributed by atoms with Gasteiger partial charge in [0.2, 0.25) is 0 Å². The van der Waals surface area contributed by atoms with Crippen molar-refractivity contribution in [2.45, 2.75) is 6.36 Å². The normalized spacial score (nSPS) is 11.5. The van der Waals surface area contributed by atoms with Gasteiger partial charge in [0.1, 0.15) is 5.75 Å². The van der Waals surface area contributed by atoms with Crippen LogP contribution in [0.25, 0.3) is 17.2 Å². The quantitative estimate of drug-likeness (QED) is 0.493. The van der Waals surface area contributed by atoms with Gasteiger partial charge in [-0.05, 0) is 41.0 Å². The molecule has 0 radical (unpaired) electrons. The van der Waals surface area contributed by atoms with Gasteiger partial charge in [0, 0.05) is 18.2 Å². The molecule has 0 aliphatic rings. The highest BCUT2D eigenvalue weighted by atomic mass is 19.4. The van der Waals surface area contributed by atoms with Gasteiger partial charge in [0.25, 0.3) is 5.69 Å². The number of hydrogen-bond acceptors (Lipinski definition) is 4. The van der Waals surface area contributed by atoms with E-state index in [0.29, 0.717) is 11.1 Å². The third kappa shape index (κ3) is 5.06. The zero-order valence-electron chi connectivity index (χ0n) is 12.4. The van der Waals surface area contributed by atoms with Crippen LogP contribution in [0, 0.1) is 10.1 Å². The van der Waals surface area contributed by atoms with Crippen LogP contribution in [-0.4, -0.2) is 22.4 Å². The van der Waals surface area contributed by atoms with Crippen molar-refractivity contribution in [3.63, 3.8) is 0 Å². The fourth-order valence-electron chi connectivity index (χ4n) is 2.06. The topological polar surface area (TPSA) is 89.7 Å². The molecular formula is C16H10F3NO5. The lowest BCUT2D eigenvalue weighted by Crippen LogP contribution is -2.16. The van der Waals surface area contributed by atoms with Gasteiger partial charge in [-0.3, -0.25) is 10.1 Å². The average Bonchev–Trinajstić information content (AvgIpc) is 2.52. The van der Waals surface area contributed by atoms with E-state index in [1.165, 1.54) is 36.4 Å². The fourth-order valence-corrected chi connectivity index (χ4v) is 2.06. The van der Waals surface area contributed by atoms with E-state index in [0.717, 1.165) is 18.2 Å². The average molecular weight is 353 g/mol. The van der Waals surface area contributed by atoms with Gasteiger partial charge in [0.05, 0.1) is 4.92 Å². The summed E-state index contributed by atoms with van der Waals surface area (Å²) < 4.78 is 40.3. The monoisotopic (exact) mass is 353 g/mol. The molecule has 1 N–H and O–H groups in total. The van der Waals surface area contributed by atoms with E-state index in [4.69, 9.17) is 5.11 Å². The second kappa shape index (κ2) is 7.04. The van der Waals surface area contributed by atoms with Crippen LogP contribution in [0.1, 0.15) is 5.56 Å². The molecule has 130 valence electrons. The number of benzene rings is 2. The second-order valence-electron chi connectivity index (χ2n) is 4.77. The Morgan fingerprint density at radius 1 is 1.16 bits per heavy atom. The molecule has 0 spiro atoms. The molecule has 2 aromatic rings. The molecule has 0 bridgehead atoms. The van der Waals surface area contributed by atoms with Crippen LogP contribution < -0.4 is 4.74 Å². The molecule has 0 aromatic heterocycles. The Morgan fingerprint density at radius 2 is 1.80 bits per heavy atom. The van der Waals surface area contributed by atoms with Crippen LogP contribution >= 0.6 is 0 Å². The van der Waals surface area contributed by atoms with Crippen molar-refractivity contribution in [2.24, 2.45) is 0 Å². The zero-order chi connectivity index (χ0) is 18.6. The standard InChI is InChI=1S/C16H10F3NO5/c17-16(18,19)25-13-5-1-10(2-6-13)14-7-4-12(20(23)24)9-11(14)3-8-15(21)22/h1-9H,(H,21,22). The number of carbonyl (C=O) groups is 1. The van der Waals surface area contributed by atoms with Crippen LogP contribution in [0.3, 0.4) is 0 Å². The predicted octanol–water partition coefficient (Wildman–Crippen LogP) is 4.26. The Morgan fingerprint density at radius 3 is 2.32 bits per heavy atom. The number of nitro groups is 1. The molecule has 0 amide bonds. The highest BCUT2D eigenvalue weighted by Crippen LogP contribution is 2.31. The highest BCUT2D eigenvalue weighted by Gasteiger charge is 2.31. The van der Waals surface area contributed by atoms with E-state index >= 15 is 0 Å². The predicted molar refractivity (Wildman–Crippen MR) is 81.9 cm³/mol. The van der Waals surface area contributed by atoms with Gasteiger partial charge in [-0.2, -0.15) is 0 Å². The molecule has 0 saturated heterocycles. The lowest BCUT2D eigenvalue weighted by molar-refractivity contribution is -0.384. The van der Waals surface area contributed by atoms with Crippen molar-refractivity contribution >= 4 is 17.7 Å². The smallest absolute Gasteiger partial charge is 0.478 e. The first-order valence-corrected chi connectivity index (χ1v) is 6.71. The maximum absolute atomic E-state index is 12.2. The van der Waals surface area contributed by atoms with Crippen molar-refractivity contribution in [2.75, 3.05) is 0 Å². The summed E-state index contributed by atoms with van der Waals surface area (Å²) in [5.41, 5.74) is 0.850. The van der Waals surface area contributed by atoms with Crippen molar-refractivity contribution in [3.05, 3.63) is 64.2 Å². The van der Waals surface area contributed by atoms with Gasteiger partial charge >= 0.3 is 12.3 Å². The zero-order valence-corrected chi connectivity index (χ0v) is 12.4. The van der Waals surface area contributed by atoms with E-state index in [9.17, 15) is 28.1 Å². The molecule has 2 aromatic carbocycles. The minimum Gasteiger partial charge on any atom is -0.478 e. The first-order valence-electron chi connectivity index (χ1n) is 6.71. The molecule has 6 nitrogen and oxygen atoms in total. The van der Waals surface area contributed by atoms with Crippen LogP contribution in [0.15, 0.2) is 48.5 Å². The molecular weight excluding hydrogens is 343 g/mol. The summed E-state index contributed by atoms with van der Waals surface area (Å²) in [6, 6.07) is 8.63. The van der Waals surface area contributed by atoms with E-state index in [1.54, 1.807) is 0 Å². The molecule has 0 atom stereocenters. The van der Waals surface area contributed by atoms with Crippen molar-refractivity contribution in [3.8, 4) is 16.9 Å². The van der Waals surface area contributed by atoms with Gasteiger partial charge in [-0.1, -0.05) is 12.1 Å². The number of carboxylic acids is 1. The van der Waals surface area contributed by atoms with Gasteiger partial charge in [-0.15, -0.1) is 13.2 Å². The number of halogens is 3. The SMILES string of the molecule is O=C(O)C=Cc1cc([N+](=O)[O-])ccc1-c1ccc(OC(F)(F)F)cc1. The highest BCUT2D eigenvalue weighted by molar-refractivity contribution is 5.88. The van der Waals surface area contributed by atoms with Gasteiger partial charge in [-0.25, -0.2) is 4.79 Å². The summed E-state index contributed by atoms with van der Waals surface area (Å²) in [5.74, 6) is -1.66. The van der Waals surface area contributed by atoms with E-state index in [-0.39, 0.29) is 11.3 Å². The number of non-ortho nitro benzene ring substituents is 1. The molecule has 0 heterocycles. The summed E-state index contributed by atoms with van der Waals surface area (Å²) in [5, 5.41) is 19.6. The number of hydrogen-bond donors (Lipinski definition) is 1. The molecule has 9 heteroatoms. The number of ether oxygens (including phenoxy) is 1. The molecule has 0 aliphatic heterocycles. The number of alkyl halides is 3. The van der Waals surface area contributed by atoms with Crippen LogP contribution in [0.2, 0.25) is 0 Å². The maximum Gasteiger partial charge on any atom is 0.573 e. The van der Waals surface area contributed by atoms with Crippen molar-refractivity contribution in [1.82, 2.24) is 0 Å². The number of rotatable bonds is 5. The lowest BCUT2D eigenvalue weighted by Gasteiger charge is -2.10. The largest absolute Gasteiger partial charge is 0.573 e. The first kappa shape index (κ1) is 18.0. The van der Waals surface area contributed by atoms with E-state index < -0.39 is 23.0 Å². The van der Waals surface area contributed by atoms with Gasteiger partial charge in [0.15, 0.2) is 0 Å². The molecule has 0 aliphatic carbocycles. The summed E-state index contributed by atoms with van der Waals surface area (Å²) in [6.45, 7) is 0. The summed E-state index contributed by atoms with van der Waals surface area (Å²) in [6.07, 6.45) is -2.83. The number of carboxylic acid groups (broad SMARTS) is 1. The summed E-state index contributed by atoms with van der Waals surface area (Å²) in [4.78, 5) is 20.9. The maximum atomic E-state index is 12.2. The fraction of sp³-hybridized carbons (Fsp3) is 0.0625. The Labute approximate surface area is 138 Å².